The van der Waals surface area contributed by atoms with Crippen molar-refractivity contribution in [2.45, 2.75) is 48.5 Å². The Bertz CT molecular complexity index is 1080. The fraction of sp³-hybridized carbons (Fsp3) is 0.368. The number of hydrogen-bond acceptors (Lipinski definition) is 5. The van der Waals surface area contributed by atoms with Crippen molar-refractivity contribution < 1.29 is 36.3 Å². The number of aliphatic carboxylic acids is 1. The van der Waals surface area contributed by atoms with Crippen LogP contribution in [0.25, 0.3) is 0 Å². The number of carbonyl (C=O) groups excluding carboxylic acids is 1. The van der Waals surface area contributed by atoms with Gasteiger partial charge in [-0.25, -0.2) is 13.2 Å². The number of carbonyl (C=O) groups is 2. The van der Waals surface area contributed by atoms with E-state index in [1.54, 1.807) is 24.3 Å². The van der Waals surface area contributed by atoms with Crippen molar-refractivity contribution in [1.82, 2.24) is 5.32 Å². The predicted molar refractivity (Wildman–Crippen MR) is 117 cm³/mol. The first-order valence-corrected chi connectivity index (χ1v) is 12.3. The highest BCUT2D eigenvalue weighted by Gasteiger charge is 2.51. The second kappa shape index (κ2) is 9.79. The summed E-state index contributed by atoms with van der Waals surface area (Å²) < 4.78 is 60.0. The monoisotopic (exact) mass is 556 g/mol. The largest absolute Gasteiger partial charge is 0.490 e. The van der Waals surface area contributed by atoms with Crippen LogP contribution in [-0.2, 0) is 25.0 Å². The molecule has 0 atom stereocenters. The Morgan fingerprint density at radius 1 is 1.12 bits per heavy atom. The molecule has 3 rings (SSSR count). The van der Waals surface area contributed by atoms with Crippen molar-refractivity contribution in [3.63, 3.8) is 0 Å². The molecule has 0 radical (unpaired) electrons. The van der Waals surface area contributed by atoms with Crippen molar-refractivity contribution >= 4 is 54.9 Å². The van der Waals surface area contributed by atoms with Crippen LogP contribution < -0.4 is 10.0 Å². The van der Waals surface area contributed by atoms with E-state index in [-0.39, 0.29) is 16.2 Å². The number of alkyl halides is 3. The van der Waals surface area contributed by atoms with Gasteiger partial charge in [-0.2, -0.15) is 13.2 Å². The normalized spacial score (nSPS) is 14.8. The smallest absolute Gasteiger partial charge is 0.475 e. The second-order valence-electron chi connectivity index (χ2n) is 7.25. The van der Waals surface area contributed by atoms with E-state index in [0.29, 0.717) is 5.69 Å². The number of sulfonamides is 1. The molecule has 0 saturated heterocycles. The Morgan fingerprint density at radius 2 is 1.66 bits per heavy atom. The Morgan fingerprint density at radius 3 is 2.03 bits per heavy atom. The van der Waals surface area contributed by atoms with Crippen LogP contribution in [0.5, 0.6) is 0 Å². The highest BCUT2D eigenvalue weighted by molar-refractivity contribution is 9.11. The van der Waals surface area contributed by atoms with E-state index in [1.165, 1.54) is 0 Å². The van der Waals surface area contributed by atoms with E-state index in [2.05, 4.69) is 26.0 Å². The van der Waals surface area contributed by atoms with Gasteiger partial charge in [-0.15, -0.1) is 11.3 Å². The molecular weight excluding hydrogens is 537 g/mol. The standard InChI is InChI=1S/C17H19BrN2O3S2.C2HF3O2/c1-11(2)19-16(21)17(9-10-17)12-3-5-13(6-4-12)20-25(22,23)15-8-7-14(18)24-15;3-2(4,5)1(6)7/h3-8,11,20H,9-10H2,1-2H3,(H,19,21);(H,6,7). The minimum absolute atomic E-state index is 0.0410. The number of nitrogens with one attached hydrogen (secondary N) is 2. The predicted octanol–water partition coefficient (Wildman–Crippen LogP) is 4.50. The van der Waals surface area contributed by atoms with Gasteiger partial charge in [0.25, 0.3) is 10.0 Å². The molecule has 2 aromatic rings. The topological polar surface area (TPSA) is 113 Å². The van der Waals surface area contributed by atoms with E-state index < -0.39 is 27.6 Å². The first kappa shape index (κ1) is 26.1. The summed E-state index contributed by atoms with van der Waals surface area (Å²) in [5.74, 6) is -2.72. The second-order valence-corrected chi connectivity index (χ2v) is 11.6. The van der Waals surface area contributed by atoms with Crippen molar-refractivity contribution in [2.24, 2.45) is 0 Å². The number of hydrogen-bond donors (Lipinski definition) is 3. The lowest BCUT2D eigenvalue weighted by molar-refractivity contribution is -0.192. The number of anilines is 1. The maximum atomic E-state index is 12.4. The maximum Gasteiger partial charge on any atom is 0.490 e. The molecule has 1 fully saturated rings. The zero-order valence-electron chi connectivity index (χ0n) is 16.9. The number of thiophene rings is 1. The minimum atomic E-state index is -5.08. The zero-order chi connectivity index (χ0) is 24.3. The number of rotatable bonds is 6. The van der Waals surface area contributed by atoms with Crippen LogP contribution in [-0.4, -0.2) is 37.6 Å². The van der Waals surface area contributed by atoms with Crippen LogP contribution in [0, 0.1) is 0 Å². The van der Waals surface area contributed by atoms with Gasteiger partial charge in [-0.1, -0.05) is 12.1 Å². The molecule has 0 spiro atoms. The highest BCUT2D eigenvalue weighted by atomic mass is 79.9. The summed E-state index contributed by atoms with van der Waals surface area (Å²) in [6, 6.07) is 10.4. The molecule has 0 unspecified atom stereocenters. The number of carboxylic acid groups (broad SMARTS) is 1. The summed E-state index contributed by atoms with van der Waals surface area (Å²) in [5.41, 5.74) is 0.945. The number of benzene rings is 1. The van der Waals surface area contributed by atoms with Crippen LogP contribution in [0.2, 0.25) is 0 Å². The lowest BCUT2D eigenvalue weighted by Crippen LogP contribution is -2.38. The van der Waals surface area contributed by atoms with E-state index in [1.807, 2.05) is 26.0 Å². The third-order valence-electron chi connectivity index (χ3n) is 4.35. The molecule has 1 aliphatic rings. The van der Waals surface area contributed by atoms with Crippen LogP contribution in [0.1, 0.15) is 32.3 Å². The summed E-state index contributed by atoms with van der Waals surface area (Å²) >= 11 is 4.42. The molecule has 0 bridgehead atoms. The van der Waals surface area contributed by atoms with Gasteiger partial charge < -0.3 is 10.4 Å². The average Bonchev–Trinajstić information content (AvgIpc) is 3.36. The Kier molecular flexibility index (Phi) is 8.00. The van der Waals surface area contributed by atoms with Gasteiger partial charge in [0, 0.05) is 11.7 Å². The van der Waals surface area contributed by atoms with Gasteiger partial charge in [0.2, 0.25) is 5.91 Å². The van der Waals surface area contributed by atoms with Crippen LogP contribution in [0.4, 0.5) is 18.9 Å². The summed E-state index contributed by atoms with van der Waals surface area (Å²) in [5, 5.41) is 10.1. The number of halogens is 4. The Balaban J connectivity index is 0.000000451. The van der Waals surface area contributed by atoms with Crippen LogP contribution in [0.3, 0.4) is 0 Å². The van der Waals surface area contributed by atoms with E-state index >= 15 is 0 Å². The lowest BCUT2D eigenvalue weighted by Gasteiger charge is -2.18. The molecule has 1 saturated carbocycles. The zero-order valence-corrected chi connectivity index (χ0v) is 20.1. The van der Waals surface area contributed by atoms with Crippen molar-refractivity contribution in [3.05, 3.63) is 45.7 Å². The molecule has 3 N–H and O–H groups in total. The lowest BCUT2D eigenvalue weighted by atomic mass is 9.94. The van der Waals surface area contributed by atoms with Gasteiger partial charge in [0.15, 0.2) is 0 Å². The van der Waals surface area contributed by atoms with Gasteiger partial charge in [0.1, 0.15) is 4.21 Å². The molecule has 1 aromatic carbocycles. The molecular formula is C19H20BrF3N2O5S2. The summed E-state index contributed by atoms with van der Waals surface area (Å²) in [7, 11) is -3.60. The molecule has 1 aromatic heterocycles. The molecule has 7 nitrogen and oxygen atoms in total. The van der Waals surface area contributed by atoms with Crippen molar-refractivity contribution in [1.29, 1.82) is 0 Å². The minimum Gasteiger partial charge on any atom is -0.475 e. The molecule has 1 amide bonds. The van der Waals surface area contributed by atoms with Crippen LogP contribution >= 0.6 is 27.3 Å². The SMILES string of the molecule is CC(C)NC(=O)C1(c2ccc(NS(=O)(=O)c3ccc(Br)s3)cc2)CC1.O=C(O)C(F)(F)F. The first-order chi connectivity index (χ1) is 14.7. The number of carboxylic acids is 1. The van der Waals surface area contributed by atoms with Crippen LogP contribution in [0.15, 0.2) is 44.4 Å². The quantitative estimate of drug-likeness (QED) is 0.484. The highest BCUT2D eigenvalue weighted by Crippen LogP contribution is 2.48. The van der Waals surface area contributed by atoms with Gasteiger partial charge >= 0.3 is 12.1 Å². The molecule has 176 valence electrons. The Labute approximate surface area is 195 Å². The fourth-order valence-corrected chi connectivity index (χ4v) is 5.75. The summed E-state index contributed by atoms with van der Waals surface area (Å²) in [6.07, 6.45) is -3.44. The summed E-state index contributed by atoms with van der Waals surface area (Å²) in [4.78, 5) is 21.3. The maximum absolute atomic E-state index is 12.4. The molecule has 1 heterocycles. The van der Waals surface area contributed by atoms with Gasteiger partial charge in [-0.05, 0) is 72.4 Å². The number of amides is 1. The molecule has 32 heavy (non-hydrogen) atoms. The Hall–Kier alpha value is -2.12. The average molecular weight is 557 g/mol. The van der Waals surface area contributed by atoms with E-state index in [4.69, 9.17) is 9.90 Å². The van der Waals surface area contributed by atoms with E-state index in [0.717, 1.165) is 33.5 Å². The molecule has 1 aliphatic carbocycles. The van der Waals surface area contributed by atoms with Crippen molar-refractivity contribution in [2.75, 3.05) is 4.72 Å². The summed E-state index contributed by atoms with van der Waals surface area (Å²) in [6.45, 7) is 3.88. The first-order valence-electron chi connectivity index (χ1n) is 9.17. The third kappa shape index (κ3) is 6.69. The van der Waals surface area contributed by atoms with Gasteiger partial charge in [0.05, 0.1) is 9.20 Å². The van der Waals surface area contributed by atoms with Crippen molar-refractivity contribution in [3.8, 4) is 0 Å². The molecule has 13 heteroatoms. The third-order valence-corrected chi connectivity index (χ3v) is 7.85. The fourth-order valence-electron chi connectivity index (χ4n) is 2.68. The van der Waals surface area contributed by atoms with E-state index in [9.17, 15) is 26.4 Å². The van der Waals surface area contributed by atoms with Gasteiger partial charge in [-0.3, -0.25) is 9.52 Å². The molecule has 0 aliphatic heterocycles.